The fourth-order valence-corrected chi connectivity index (χ4v) is 0.859. The molecule has 0 aromatic rings. The van der Waals surface area contributed by atoms with E-state index in [0.29, 0.717) is 0 Å². The standard InChI is InChI=1S/3C5H8O2.Nd/c3*1-4(6)3-5(2)7;/h3*3,6H,1-2H3;/q;;;+3/p-3. The number of ketones is 3. The molecule has 0 aliphatic rings. The molecular formula is C15H21NdO6. The van der Waals surface area contributed by atoms with Gasteiger partial charge in [0.1, 0.15) is 0 Å². The minimum atomic E-state index is -0.187. The van der Waals surface area contributed by atoms with Crippen molar-refractivity contribution >= 4 is 17.3 Å². The van der Waals surface area contributed by atoms with Crippen LogP contribution in [0.4, 0.5) is 0 Å². The normalized spacial score (nSPS) is 10.9. The maximum absolute atomic E-state index is 9.98. The van der Waals surface area contributed by atoms with Crippen molar-refractivity contribution in [2.24, 2.45) is 0 Å². The minimum Gasteiger partial charge on any atom is -0.876 e. The Morgan fingerprint density at radius 2 is 0.682 bits per heavy atom. The molecule has 0 aromatic carbocycles. The van der Waals surface area contributed by atoms with Gasteiger partial charge in [0.05, 0.1) is 0 Å². The molecule has 0 aliphatic carbocycles. The predicted molar refractivity (Wildman–Crippen MR) is 73.3 cm³/mol. The van der Waals surface area contributed by atoms with Gasteiger partial charge < -0.3 is 15.3 Å². The monoisotopic (exact) mass is 439 g/mol. The summed E-state index contributed by atoms with van der Waals surface area (Å²) in [5.74, 6) is -1.12. The third-order valence-corrected chi connectivity index (χ3v) is 1.22. The summed E-state index contributed by atoms with van der Waals surface area (Å²) in [6, 6.07) is 0. The minimum absolute atomic E-state index is 0. The van der Waals surface area contributed by atoms with E-state index in [1.165, 1.54) is 41.5 Å². The second-order valence-corrected chi connectivity index (χ2v) is 4.10. The Balaban J connectivity index is -0.000000108. The van der Waals surface area contributed by atoms with Gasteiger partial charge in [0, 0.05) is 0 Å². The number of rotatable bonds is 3. The number of hydrogen-bond donors (Lipinski definition) is 0. The maximum Gasteiger partial charge on any atom is 3.00 e. The molecule has 0 aliphatic heterocycles. The van der Waals surface area contributed by atoms with E-state index in [0.717, 1.165) is 18.2 Å². The smallest absolute Gasteiger partial charge is 0.876 e. The van der Waals surface area contributed by atoms with Gasteiger partial charge in [-0.1, -0.05) is 20.8 Å². The van der Waals surface area contributed by atoms with E-state index in [9.17, 15) is 29.7 Å². The van der Waals surface area contributed by atoms with Crippen molar-refractivity contribution in [3.05, 3.63) is 35.5 Å². The van der Waals surface area contributed by atoms with Gasteiger partial charge in [-0.05, 0) is 39.0 Å². The topological polar surface area (TPSA) is 120 Å². The van der Waals surface area contributed by atoms with Crippen LogP contribution in [0.3, 0.4) is 0 Å². The first-order valence-corrected chi connectivity index (χ1v) is 5.96. The largest absolute Gasteiger partial charge is 3.00 e. The van der Waals surface area contributed by atoms with E-state index in [1.807, 2.05) is 0 Å². The summed E-state index contributed by atoms with van der Waals surface area (Å²) >= 11 is 0. The summed E-state index contributed by atoms with van der Waals surface area (Å²) in [6.07, 6.45) is 3.17. The van der Waals surface area contributed by atoms with Crippen LogP contribution < -0.4 is 15.3 Å². The van der Waals surface area contributed by atoms with Crippen LogP contribution in [0.2, 0.25) is 0 Å². The molecule has 0 spiro atoms. The summed E-state index contributed by atoms with van der Waals surface area (Å²) in [5, 5.41) is 29.9. The van der Waals surface area contributed by atoms with Crippen LogP contribution in [-0.2, 0) is 14.4 Å². The van der Waals surface area contributed by atoms with Gasteiger partial charge in [0.25, 0.3) is 0 Å². The second kappa shape index (κ2) is 18.0. The van der Waals surface area contributed by atoms with E-state index in [1.54, 1.807) is 0 Å². The Hall–Kier alpha value is -1.02. The maximum atomic E-state index is 9.98. The number of hydrogen-bond acceptors (Lipinski definition) is 6. The molecule has 121 valence electrons. The fourth-order valence-electron chi connectivity index (χ4n) is 0.859. The van der Waals surface area contributed by atoms with Crippen molar-refractivity contribution in [1.29, 1.82) is 0 Å². The Labute approximate surface area is 164 Å². The molecule has 6 nitrogen and oxygen atoms in total. The van der Waals surface area contributed by atoms with Crippen molar-refractivity contribution in [1.82, 2.24) is 0 Å². The van der Waals surface area contributed by atoms with Crippen molar-refractivity contribution in [3.8, 4) is 0 Å². The summed E-state index contributed by atoms with van der Waals surface area (Å²) in [4.78, 5) is 29.9. The molecule has 0 fully saturated rings. The molecule has 1 radical (unpaired) electrons. The van der Waals surface area contributed by atoms with Crippen LogP contribution >= 0.6 is 0 Å². The van der Waals surface area contributed by atoms with Crippen LogP contribution in [0.15, 0.2) is 35.5 Å². The summed E-state index contributed by atoms with van der Waals surface area (Å²) in [6.45, 7) is 8.09. The van der Waals surface area contributed by atoms with Crippen LogP contribution in [0.25, 0.3) is 0 Å². The molecule has 0 heterocycles. The van der Waals surface area contributed by atoms with Crippen molar-refractivity contribution in [2.45, 2.75) is 41.5 Å². The van der Waals surface area contributed by atoms with Gasteiger partial charge in [-0.3, -0.25) is 14.4 Å². The van der Waals surface area contributed by atoms with E-state index in [-0.39, 0.29) is 75.5 Å². The third-order valence-electron chi connectivity index (χ3n) is 1.22. The summed E-state index contributed by atoms with van der Waals surface area (Å²) in [5.41, 5.74) is 0. The molecule has 7 heteroatoms. The van der Waals surface area contributed by atoms with E-state index in [4.69, 9.17) is 0 Å². The average molecular weight is 442 g/mol. The van der Waals surface area contributed by atoms with E-state index >= 15 is 0 Å². The molecule has 0 atom stereocenters. The SMILES string of the molecule is CC(=O)C=C(C)[O-].CC(=O)C=C(C)[O-].CC(=O)C=C(C)[O-].[Nd+3]. The molecule has 0 N–H and O–H groups in total. The van der Waals surface area contributed by atoms with E-state index in [2.05, 4.69) is 0 Å². The third kappa shape index (κ3) is 50.9. The van der Waals surface area contributed by atoms with Crippen molar-refractivity contribution < 1.29 is 70.5 Å². The molecule has 0 saturated heterocycles. The van der Waals surface area contributed by atoms with Crippen molar-refractivity contribution in [2.75, 3.05) is 0 Å². The quantitative estimate of drug-likeness (QED) is 0.431. The van der Waals surface area contributed by atoms with Crippen LogP contribution in [-0.4, -0.2) is 17.3 Å². The summed E-state index contributed by atoms with van der Waals surface area (Å²) in [7, 11) is 0. The molecule has 22 heavy (non-hydrogen) atoms. The molecule has 0 rings (SSSR count). The first-order chi connectivity index (χ1) is 9.38. The molecular weight excluding hydrogens is 420 g/mol. The average Bonchev–Trinajstić information content (AvgIpc) is 2.10. The molecule has 0 bridgehead atoms. The zero-order chi connectivity index (χ0) is 17.6. The van der Waals surface area contributed by atoms with Crippen LogP contribution in [0.5, 0.6) is 0 Å². The van der Waals surface area contributed by atoms with Gasteiger partial charge in [-0.15, -0.1) is 17.3 Å². The number of carbonyl (C=O) groups is 3. The van der Waals surface area contributed by atoms with Crippen LogP contribution in [0.1, 0.15) is 41.5 Å². The first kappa shape index (κ1) is 29.0. The van der Waals surface area contributed by atoms with Gasteiger partial charge in [0.15, 0.2) is 17.3 Å². The fraction of sp³-hybridized carbons (Fsp3) is 0.400. The Morgan fingerprint density at radius 1 is 0.545 bits per heavy atom. The van der Waals surface area contributed by atoms with E-state index < -0.39 is 0 Å². The molecule has 0 aromatic heterocycles. The van der Waals surface area contributed by atoms with Gasteiger partial charge in [0.2, 0.25) is 0 Å². The zero-order valence-corrected chi connectivity index (χ0v) is 16.9. The predicted octanol–water partition coefficient (Wildman–Crippen LogP) is -0.481. The van der Waals surface area contributed by atoms with Gasteiger partial charge >= 0.3 is 40.8 Å². The Morgan fingerprint density at radius 3 is 0.682 bits per heavy atom. The van der Waals surface area contributed by atoms with Crippen LogP contribution in [0, 0.1) is 40.8 Å². The Kier molecular flexibility index (Phi) is 23.8. The van der Waals surface area contributed by atoms with Crippen molar-refractivity contribution in [3.63, 3.8) is 0 Å². The number of carbonyl (C=O) groups excluding carboxylic acids is 3. The molecule has 0 amide bonds. The van der Waals surface area contributed by atoms with Gasteiger partial charge in [-0.25, -0.2) is 0 Å². The number of allylic oxidation sites excluding steroid dienone is 6. The molecule has 0 unspecified atom stereocenters. The first-order valence-electron chi connectivity index (χ1n) is 5.96. The van der Waals surface area contributed by atoms with Gasteiger partial charge in [-0.2, -0.15) is 0 Å². The molecule has 0 saturated carbocycles. The summed E-state index contributed by atoms with van der Waals surface area (Å²) < 4.78 is 0. The second-order valence-electron chi connectivity index (χ2n) is 4.10. The zero-order valence-electron chi connectivity index (χ0n) is 13.7. The Bertz CT molecular complexity index is 368.